The minimum absolute atomic E-state index is 0.197. The van der Waals surface area contributed by atoms with Gasteiger partial charge in [-0.25, -0.2) is 9.80 Å². The van der Waals surface area contributed by atoms with Gasteiger partial charge < -0.3 is 0 Å². The Labute approximate surface area is 134 Å². The zero-order valence-corrected chi connectivity index (χ0v) is 12.3. The molecule has 0 N–H and O–H groups in total. The van der Waals surface area contributed by atoms with Crippen LogP contribution in [0, 0.1) is 0 Å². The monoisotopic (exact) mass is 336 g/mol. The van der Waals surface area contributed by atoms with Crippen LogP contribution in [0.5, 0.6) is 0 Å². The molecule has 0 fully saturated rings. The number of hydrogen-bond acceptors (Lipinski definition) is 4. The number of carbonyl (C=O) groups is 4. The van der Waals surface area contributed by atoms with Crippen LogP contribution < -0.4 is 9.80 Å². The van der Waals surface area contributed by atoms with Crippen LogP contribution in [-0.2, 0) is 19.2 Å². The second kappa shape index (κ2) is 5.08. The van der Waals surface area contributed by atoms with E-state index >= 15 is 0 Å². The summed E-state index contributed by atoms with van der Waals surface area (Å²) in [5.74, 6) is -2.53. The lowest BCUT2D eigenvalue weighted by molar-refractivity contribution is -0.121. The molecule has 0 saturated carbocycles. The molecule has 4 amide bonds. The van der Waals surface area contributed by atoms with Gasteiger partial charge in [-0.3, -0.25) is 19.2 Å². The molecule has 0 saturated heterocycles. The Morgan fingerprint density at radius 1 is 0.727 bits per heavy atom. The third kappa shape index (κ3) is 2.13. The summed E-state index contributed by atoms with van der Waals surface area (Å²) in [6.45, 7) is 0. The predicted molar refractivity (Wildman–Crippen MR) is 79.3 cm³/mol. The number of amides is 4. The van der Waals surface area contributed by atoms with Crippen LogP contribution in [-0.4, -0.2) is 23.6 Å². The molecule has 8 heteroatoms. The molecule has 0 aliphatic carbocycles. The van der Waals surface area contributed by atoms with E-state index in [1.165, 1.54) is 24.3 Å². The Bertz CT molecular complexity index is 750. The highest BCUT2D eigenvalue weighted by Gasteiger charge is 2.34. The van der Waals surface area contributed by atoms with E-state index in [0.717, 1.165) is 22.0 Å². The molecular formula is C14H6Cl2N2O4. The van der Waals surface area contributed by atoms with Gasteiger partial charge in [0.2, 0.25) is 0 Å². The van der Waals surface area contributed by atoms with Crippen molar-refractivity contribution in [1.82, 2.24) is 0 Å². The van der Waals surface area contributed by atoms with E-state index in [2.05, 4.69) is 0 Å². The Kier molecular flexibility index (Phi) is 3.35. The Balaban J connectivity index is 1.99. The van der Waals surface area contributed by atoms with Crippen molar-refractivity contribution in [3.05, 3.63) is 46.5 Å². The SMILES string of the molecule is O=C1C=C(Cl)C(=O)N1c1cccc(N2C(=O)C=C(Cl)C2=O)c1. The summed E-state index contributed by atoms with van der Waals surface area (Å²) in [6, 6.07) is 5.84. The zero-order valence-electron chi connectivity index (χ0n) is 10.7. The average Bonchev–Trinajstić information content (AvgIpc) is 2.86. The lowest BCUT2D eigenvalue weighted by atomic mass is 10.2. The minimum Gasteiger partial charge on any atom is -0.269 e. The fourth-order valence-electron chi connectivity index (χ4n) is 2.14. The van der Waals surface area contributed by atoms with Gasteiger partial charge >= 0.3 is 0 Å². The van der Waals surface area contributed by atoms with Crippen LogP contribution >= 0.6 is 23.2 Å². The number of halogens is 2. The molecule has 2 aliphatic rings. The molecule has 22 heavy (non-hydrogen) atoms. The first-order valence-corrected chi connectivity index (χ1v) is 6.77. The van der Waals surface area contributed by atoms with E-state index in [0.29, 0.717) is 0 Å². The normalized spacial score (nSPS) is 18.3. The summed E-state index contributed by atoms with van der Waals surface area (Å²) in [4.78, 5) is 49.0. The maximum absolute atomic E-state index is 11.9. The summed E-state index contributed by atoms with van der Waals surface area (Å²) in [6.07, 6.45) is 2.00. The van der Waals surface area contributed by atoms with Crippen LogP contribution in [0.15, 0.2) is 46.5 Å². The molecule has 0 radical (unpaired) electrons. The van der Waals surface area contributed by atoms with Crippen LogP contribution in [0.25, 0.3) is 0 Å². The predicted octanol–water partition coefficient (Wildman–Crippen LogP) is 1.68. The number of carbonyl (C=O) groups excluding carboxylic acids is 4. The van der Waals surface area contributed by atoms with Crippen molar-refractivity contribution in [3.8, 4) is 0 Å². The van der Waals surface area contributed by atoms with Crippen molar-refractivity contribution in [1.29, 1.82) is 0 Å². The highest BCUT2D eigenvalue weighted by Crippen LogP contribution is 2.30. The molecule has 2 heterocycles. The van der Waals surface area contributed by atoms with Crippen LogP contribution in [0.3, 0.4) is 0 Å². The smallest absolute Gasteiger partial charge is 0.269 e. The summed E-state index contributed by atoms with van der Waals surface area (Å²) in [7, 11) is 0. The highest BCUT2D eigenvalue weighted by molar-refractivity contribution is 6.52. The van der Waals surface area contributed by atoms with Crippen LogP contribution in [0.2, 0.25) is 0 Å². The zero-order chi connectivity index (χ0) is 16.0. The fraction of sp³-hybridized carbons (Fsp3) is 0. The molecular weight excluding hydrogens is 331 g/mol. The number of imide groups is 2. The fourth-order valence-corrected chi connectivity index (χ4v) is 2.50. The van der Waals surface area contributed by atoms with Gasteiger partial charge in [-0.15, -0.1) is 0 Å². The van der Waals surface area contributed by atoms with Gasteiger partial charge in [-0.2, -0.15) is 0 Å². The number of anilines is 2. The molecule has 3 rings (SSSR count). The number of rotatable bonds is 2. The van der Waals surface area contributed by atoms with Gasteiger partial charge in [0.1, 0.15) is 10.1 Å². The van der Waals surface area contributed by atoms with Crippen molar-refractivity contribution in [2.75, 3.05) is 9.80 Å². The first kappa shape index (κ1) is 14.5. The first-order valence-electron chi connectivity index (χ1n) is 6.01. The van der Waals surface area contributed by atoms with E-state index in [1.54, 1.807) is 0 Å². The molecule has 2 aliphatic heterocycles. The standard InChI is InChI=1S/C14H6Cl2N2O4/c15-9-5-11(19)17(13(9)21)7-2-1-3-8(4-7)18-12(20)6-10(16)14(18)22/h1-6H. The van der Waals surface area contributed by atoms with E-state index in [1.807, 2.05) is 0 Å². The lowest BCUT2D eigenvalue weighted by Gasteiger charge is -2.18. The van der Waals surface area contributed by atoms with Gasteiger partial charge in [-0.05, 0) is 18.2 Å². The van der Waals surface area contributed by atoms with Gasteiger partial charge in [0, 0.05) is 12.2 Å². The van der Waals surface area contributed by atoms with Crippen molar-refractivity contribution >= 4 is 58.2 Å². The van der Waals surface area contributed by atoms with Crippen molar-refractivity contribution in [3.63, 3.8) is 0 Å². The van der Waals surface area contributed by atoms with E-state index in [9.17, 15) is 19.2 Å². The third-order valence-corrected chi connectivity index (χ3v) is 3.64. The van der Waals surface area contributed by atoms with E-state index in [-0.39, 0.29) is 21.4 Å². The largest absolute Gasteiger partial charge is 0.277 e. The maximum Gasteiger partial charge on any atom is 0.277 e. The maximum atomic E-state index is 11.9. The Morgan fingerprint density at radius 2 is 1.14 bits per heavy atom. The van der Waals surface area contributed by atoms with E-state index < -0.39 is 23.6 Å². The quantitative estimate of drug-likeness (QED) is 0.770. The highest BCUT2D eigenvalue weighted by atomic mass is 35.5. The lowest BCUT2D eigenvalue weighted by Crippen LogP contribution is -2.32. The van der Waals surface area contributed by atoms with Gasteiger partial charge in [0.15, 0.2) is 0 Å². The van der Waals surface area contributed by atoms with E-state index in [4.69, 9.17) is 23.2 Å². The molecule has 1 aromatic carbocycles. The molecule has 6 nitrogen and oxygen atoms in total. The Morgan fingerprint density at radius 3 is 1.45 bits per heavy atom. The molecule has 0 spiro atoms. The number of benzene rings is 1. The van der Waals surface area contributed by atoms with Gasteiger partial charge in [-0.1, -0.05) is 29.3 Å². The molecule has 1 aromatic rings. The van der Waals surface area contributed by atoms with Crippen molar-refractivity contribution in [2.45, 2.75) is 0 Å². The average molecular weight is 337 g/mol. The Hall–Kier alpha value is -2.44. The molecule has 110 valence electrons. The number of hydrogen-bond donors (Lipinski definition) is 0. The summed E-state index contributed by atoms with van der Waals surface area (Å²) >= 11 is 11.3. The van der Waals surface area contributed by atoms with Crippen LogP contribution in [0.4, 0.5) is 11.4 Å². The van der Waals surface area contributed by atoms with Gasteiger partial charge in [0.05, 0.1) is 11.4 Å². The first-order chi connectivity index (χ1) is 10.4. The number of nitrogens with zero attached hydrogens (tertiary/aromatic N) is 2. The molecule has 0 bridgehead atoms. The summed E-state index contributed by atoms with van der Waals surface area (Å²) in [5, 5.41) is -0.401. The second-order valence-corrected chi connectivity index (χ2v) is 5.28. The topological polar surface area (TPSA) is 74.8 Å². The molecule has 0 unspecified atom stereocenters. The van der Waals surface area contributed by atoms with Gasteiger partial charge in [0.25, 0.3) is 23.6 Å². The minimum atomic E-state index is -0.668. The second-order valence-electron chi connectivity index (χ2n) is 4.46. The molecule has 0 aromatic heterocycles. The third-order valence-electron chi connectivity index (χ3n) is 3.10. The van der Waals surface area contributed by atoms with Crippen molar-refractivity contribution in [2.24, 2.45) is 0 Å². The summed E-state index contributed by atoms with van der Waals surface area (Å²) in [5.41, 5.74) is 0.394. The molecule has 0 atom stereocenters. The van der Waals surface area contributed by atoms with Crippen LogP contribution in [0.1, 0.15) is 0 Å². The summed E-state index contributed by atoms with van der Waals surface area (Å²) < 4.78 is 0. The van der Waals surface area contributed by atoms with Crippen molar-refractivity contribution < 1.29 is 19.2 Å².